The molecule has 2 N–H and O–H groups in total. The molecule has 2 atom stereocenters. The number of hydrogen-bond acceptors (Lipinski definition) is 10. The lowest BCUT2D eigenvalue weighted by molar-refractivity contribution is 0.0156. The van der Waals surface area contributed by atoms with Gasteiger partial charge in [0.2, 0.25) is 0 Å². The standard InChI is InChI=1S/C28H26N6O3S2/c35-28(34-11-13-36-14-12-34)37-21-15-20(30-17-21)6-9-23-16-24-26(39-23)27(32-18-31-24)33-19-4-7-22(8-5-19)38-25-3-1-2-10-29-25/h1-5,7-8,10,16,18,20-21,30H,11-15,17H2,(H,31,32,33)/t20-,21-/m1/s1. The van der Waals surface area contributed by atoms with Gasteiger partial charge in [-0.3, -0.25) is 5.32 Å². The molecule has 0 spiro atoms. The molecule has 0 unspecified atom stereocenters. The van der Waals surface area contributed by atoms with Crippen LogP contribution in [0.1, 0.15) is 11.3 Å². The third kappa shape index (κ3) is 6.49. The summed E-state index contributed by atoms with van der Waals surface area (Å²) in [7, 11) is 0. The first-order chi connectivity index (χ1) is 19.2. The van der Waals surface area contributed by atoms with Gasteiger partial charge >= 0.3 is 6.09 Å². The molecule has 4 aromatic rings. The van der Waals surface area contributed by atoms with Gasteiger partial charge in [-0.15, -0.1) is 11.3 Å². The number of amides is 1. The number of thiophene rings is 1. The lowest BCUT2D eigenvalue weighted by Gasteiger charge is -2.27. The molecule has 2 aliphatic rings. The maximum absolute atomic E-state index is 12.4. The van der Waals surface area contributed by atoms with Crippen LogP contribution in [0.3, 0.4) is 0 Å². The average Bonchev–Trinajstić information content (AvgIpc) is 3.61. The fourth-order valence-corrected chi connectivity index (χ4v) is 5.99. The first kappa shape index (κ1) is 25.6. The molecule has 9 nitrogen and oxygen atoms in total. The number of aromatic nitrogens is 3. The molecule has 0 saturated carbocycles. The van der Waals surface area contributed by atoms with E-state index in [9.17, 15) is 4.79 Å². The van der Waals surface area contributed by atoms with E-state index in [1.807, 2.05) is 36.4 Å². The minimum absolute atomic E-state index is 0.0381. The number of carbonyl (C=O) groups excluding carboxylic acids is 1. The van der Waals surface area contributed by atoms with Crippen molar-refractivity contribution in [3.05, 3.63) is 65.9 Å². The van der Waals surface area contributed by atoms with Gasteiger partial charge in [0.1, 0.15) is 17.5 Å². The maximum atomic E-state index is 12.4. The Balaban J connectivity index is 1.08. The topological polar surface area (TPSA) is 102 Å². The van der Waals surface area contributed by atoms with Crippen LogP contribution in [-0.2, 0) is 9.47 Å². The number of morpholine rings is 1. The number of nitrogens with one attached hydrogen (secondary N) is 2. The molecule has 6 rings (SSSR count). The SMILES string of the molecule is O=C(O[C@H]1CN[C@H](C#Cc2cc3ncnc(Nc4ccc(Sc5ccccn5)cc4)c3s2)C1)N1CCOCC1. The van der Waals surface area contributed by atoms with E-state index in [0.717, 1.165) is 36.5 Å². The molecule has 11 heteroatoms. The van der Waals surface area contributed by atoms with Crippen LogP contribution < -0.4 is 10.6 Å². The summed E-state index contributed by atoms with van der Waals surface area (Å²) in [5, 5.41) is 7.72. The molecule has 5 heterocycles. The van der Waals surface area contributed by atoms with Crippen molar-refractivity contribution in [2.45, 2.75) is 28.5 Å². The second kappa shape index (κ2) is 12.0. The van der Waals surface area contributed by atoms with Crippen LogP contribution in [0.4, 0.5) is 16.3 Å². The lowest BCUT2D eigenvalue weighted by atomic mass is 10.2. The van der Waals surface area contributed by atoms with E-state index in [4.69, 9.17) is 9.47 Å². The summed E-state index contributed by atoms with van der Waals surface area (Å²) >= 11 is 3.18. The molecule has 3 aromatic heterocycles. The van der Waals surface area contributed by atoms with Crippen LogP contribution in [0.15, 0.2) is 71.0 Å². The first-order valence-corrected chi connectivity index (χ1v) is 14.3. The maximum Gasteiger partial charge on any atom is 0.410 e. The number of nitrogens with zero attached hydrogens (tertiary/aromatic N) is 4. The number of hydrogen-bond donors (Lipinski definition) is 2. The molecule has 0 bridgehead atoms. The summed E-state index contributed by atoms with van der Waals surface area (Å²) in [5.41, 5.74) is 1.79. The Bertz CT molecular complexity index is 1500. The molecule has 2 saturated heterocycles. The van der Waals surface area contributed by atoms with Gasteiger partial charge in [0, 0.05) is 42.8 Å². The third-order valence-corrected chi connectivity index (χ3v) is 8.29. The van der Waals surface area contributed by atoms with Crippen molar-refractivity contribution in [3.8, 4) is 11.8 Å². The number of benzene rings is 1. The Hall–Kier alpha value is -3.69. The Kier molecular flexibility index (Phi) is 7.87. The number of ether oxygens (including phenoxy) is 2. The molecule has 198 valence electrons. The zero-order valence-electron chi connectivity index (χ0n) is 21.0. The normalized spacial score (nSPS) is 18.9. The number of rotatable bonds is 5. The summed E-state index contributed by atoms with van der Waals surface area (Å²) < 4.78 is 11.9. The zero-order chi connectivity index (χ0) is 26.4. The van der Waals surface area contributed by atoms with Crippen LogP contribution in [-0.4, -0.2) is 70.9 Å². The third-order valence-electron chi connectivity index (χ3n) is 6.29. The summed E-state index contributed by atoms with van der Waals surface area (Å²) in [5.74, 6) is 7.30. The number of fused-ring (bicyclic) bond motifs is 1. The van der Waals surface area contributed by atoms with Gasteiger partial charge < -0.3 is 19.7 Å². The molecule has 2 aliphatic heterocycles. The molecule has 0 radical (unpaired) electrons. The number of carbonyl (C=O) groups is 1. The van der Waals surface area contributed by atoms with E-state index in [2.05, 4.69) is 49.6 Å². The van der Waals surface area contributed by atoms with E-state index in [0.29, 0.717) is 39.3 Å². The summed E-state index contributed by atoms with van der Waals surface area (Å²) in [4.78, 5) is 29.3. The van der Waals surface area contributed by atoms with Crippen LogP contribution in [0.25, 0.3) is 10.2 Å². The number of anilines is 2. The highest BCUT2D eigenvalue weighted by Gasteiger charge is 2.28. The Morgan fingerprint density at radius 1 is 1.15 bits per heavy atom. The highest BCUT2D eigenvalue weighted by molar-refractivity contribution is 7.99. The van der Waals surface area contributed by atoms with Gasteiger partial charge in [-0.1, -0.05) is 29.7 Å². The lowest BCUT2D eigenvalue weighted by Crippen LogP contribution is -2.42. The fourth-order valence-electron chi connectivity index (χ4n) is 4.30. The largest absolute Gasteiger partial charge is 0.445 e. The van der Waals surface area contributed by atoms with E-state index < -0.39 is 0 Å². The van der Waals surface area contributed by atoms with E-state index in [-0.39, 0.29) is 18.2 Å². The second-order valence-corrected chi connectivity index (χ2v) is 11.2. The van der Waals surface area contributed by atoms with Gasteiger partial charge in [0.05, 0.1) is 34.3 Å². The fraction of sp³-hybridized carbons (Fsp3) is 0.286. The molecule has 1 amide bonds. The van der Waals surface area contributed by atoms with Gasteiger partial charge in [-0.25, -0.2) is 19.7 Å². The zero-order valence-corrected chi connectivity index (χ0v) is 22.6. The predicted octanol–water partition coefficient (Wildman–Crippen LogP) is 4.53. The number of pyridine rings is 1. The monoisotopic (exact) mass is 558 g/mol. The molecule has 2 fully saturated rings. The van der Waals surface area contributed by atoms with Crippen LogP contribution in [0.2, 0.25) is 0 Å². The molecule has 1 aromatic carbocycles. The van der Waals surface area contributed by atoms with Gasteiger partial charge in [0.25, 0.3) is 0 Å². The van der Waals surface area contributed by atoms with Crippen molar-refractivity contribution in [1.29, 1.82) is 0 Å². The van der Waals surface area contributed by atoms with Crippen LogP contribution in [0, 0.1) is 11.8 Å². The van der Waals surface area contributed by atoms with Gasteiger partial charge in [-0.05, 0) is 42.5 Å². The van der Waals surface area contributed by atoms with Gasteiger partial charge in [-0.2, -0.15) is 0 Å². The van der Waals surface area contributed by atoms with Crippen LogP contribution in [0.5, 0.6) is 0 Å². The molecular formula is C28H26N6O3S2. The average molecular weight is 559 g/mol. The Morgan fingerprint density at radius 3 is 2.85 bits per heavy atom. The second-order valence-electron chi connectivity index (χ2n) is 9.04. The summed E-state index contributed by atoms with van der Waals surface area (Å²) in [6.07, 6.45) is 3.56. The smallest absolute Gasteiger partial charge is 0.410 e. The van der Waals surface area contributed by atoms with Crippen molar-refractivity contribution < 1.29 is 14.3 Å². The Morgan fingerprint density at radius 2 is 2.03 bits per heavy atom. The summed E-state index contributed by atoms with van der Waals surface area (Å²) in [6.45, 7) is 2.86. The van der Waals surface area contributed by atoms with Gasteiger partial charge in [0.15, 0.2) is 5.82 Å². The van der Waals surface area contributed by atoms with E-state index in [1.165, 1.54) is 0 Å². The molecule has 0 aliphatic carbocycles. The quantitative estimate of drug-likeness (QED) is 0.342. The van der Waals surface area contributed by atoms with Crippen molar-refractivity contribution in [2.24, 2.45) is 0 Å². The summed E-state index contributed by atoms with van der Waals surface area (Å²) in [6, 6.07) is 16.0. The van der Waals surface area contributed by atoms with Crippen molar-refractivity contribution >= 4 is 50.9 Å². The van der Waals surface area contributed by atoms with Crippen molar-refractivity contribution in [1.82, 2.24) is 25.2 Å². The van der Waals surface area contributed by atoms with E-state index in [1.54, 1.807) is 40.5 Å². The minimum atomic E-state index is -0.275. The molecule has 39 heavy (non-hydrogen) atoms. The van der Waals surface area contributed by atoms with Crippen LogP contribution >= 0.6 is 23.1 Å². The Labute approximate surface area is 234 Å². The first-order valence-electron chi connectivity index (χ1n) is 12.7. The highest BCUT2D eigenvalue weighted by Crippen LogP contribution is 2.32. The highest BCUT2D eigenvalue weighted by atomic mass is 32.2. The predicted molar refractivity (Wildman–Crippen MR) is 151 cm³/mol. The minimum Gasteiger partial charge on any atom is -0.445 e. The molecular weight excluding hydrogens is 532 g/mol. The van der Waals surface area contributed by atoms with E-state index >= 15 is 0 Å². The van der Waals surface area contributed by atoms with Crippen molar-refractivity contribution in [2.75, 3.05) is 38.2 Å². The van der Waals surface area contributed by atoms with Crippen molar-refractivity contribution in [3.63, 3.8) is 0 Å².